The van der Waals surface area contributed by atoms with Crippen molar-refractivity contribution in [2.24, 2.45) is 5.14 Å². The number of rotatable bonds is 6. The molecule has 3 N–H and O–H groups in total. The number of carbonyl (C=O) groups is 1. The number of sulfonamides is 1. The molecule has 9 heteroatoms. The van der Waals surface area contributed by atoms with Gasteiger partial charge in [0.15, 0.2) is 0 Å². The molecule has 8 nitrogen and oxygen atoms in total. The standard InChI is InChI=1S/C18H22N4O4S/c19-27(25,26)15-7-5-14(6-8-15)18(24)20-9-10-22-12-21-16(11-17(22)23)13-3-1-2-4-13/h5-8,11-13H,1-4,9-10H2,(H,20,24)(H2,19,25,26). The normalized spacial score (nSPS) is 15.0. The molecule has 27 heavy (non-hydrogen) atoms. The molecule has 1 heterocycles. The number of amides is 1. The van der Waals surface area contributed by atoms with E-state index in [-0.39, 0.29) is 22.9 Å². The third kappa shape index (κ3) is 4.81. The van der Waals surface area contributed by atoms with Crippen LogP contribution in [0.2, 0.25) is 0 Å². The summed E-state index contributed by atoms with van der Waals surface area (Å²) < 4.78 is 23.9. The Kier molecular flexibility index (Phi) is 5.71. The van der Waals surface area contributed by atoms with Crippen molar-refractivity contribution in [1.29, 1.82) is 0 Å². The SMILES string of the molecule is NS(=O)(=O)c1ccc(C(=O)NCCn2cnc(C3CCCC3)cc2=O)cc1. The van der Waals surface area contributed by atoms with Gasteiger partial charge in [-0.3, -0.25) is 14.2 Å². The van der Waals surface area contributed by atoms with Crippen molar-refractivity contribution < 1.29 is 13.2 Å². The van der Waals surface area contributed by atoms with Gasteiger partial charge in [-0.25, -0.2) is 18.5 Å². The summed E-state index contributed by atoms with van der Waals surface area (Å²) >= 11 is 0. The molecule has 1 aliphatic carbocycles. The third-order valence-electron chi connectivity index (χ3n) is 4.76. The average molecular weight is 390 g/mol. The van der Waals surface area contributed by atoms with Crippen molar-refractivity contribution in [3.63, 3.8) is 0 Å². The molecule has 0 spiro atoms. The fourth-order valence-electron chi connectivity index (χ4n) is 3.24. The van der Waals surface area contributed by atoms with E-state index in [9.17, 15) is 18.0 Å². The first-order chi connectivity index (χ1) is 12.8. The van der Waals surface area contributed by atoms with E-state index in [1.54, 1.807) is 6.07 Å². The lowest BCUT2D eigenvalue weighted by Crippen LogP contribution is -2.31. The van der Waals surface area contributed by atoms with Crippen LogP contribution in [-0.2, 0) is 16.6 Å². The van der Waals surface area contributed by atoms with E-state index >= 15 is 0 Å². The second kappa shape index (κ2) is 8.01. The molecular weight excluding hydrogens is 368 g/mol. The van der Waals surface area contributed by atoms with Crippen LogP contribution in [0, 0.1) is 0 Å². The van der Waals surface area contributed by atoms with Gasteiger partial charge in [-0.1, -0.05) is 12.8 Å². The van der Waals surface area contributed by atoms with Crippen molar-refractivity contribution in [3.05, 3.63) is 58.3 Å². The predicted octanol–water partition coefficient (Wildman–Crippen LogP) is 0.978. The van der Waals surface area contributed by atoms with Gasteiger partial charge >= 0.3 is 0 Å². The number of benzene rings is 1. The van der Waals surface area contributed by atoms with Gasteiger partial charge in [0, 0.05) is 30.6 Å². The van der Waals surface area contributed by atoms with Gasteiger partial charge in [-0.2, -0.15) is 0 Å². The molecule has 0 atom stereocenters. The molecular formula is C18H22N4O4S. The van der Waals surface area contributed by atoms with E-state index in [4.69, 9.17) is 5.14 Å². The molecule has 0 unspecified atom stereocenters. The molecule has 1 aliphatic rings. The van der Waals surface area contributed by atoms with Crippen molar-refractivity contribution in [2.75, 3.05) is 6.54 Å². The van der Waals surface area contributed by atoms with Gasteiger partial charge in [0.1, 0.15) is 0 Å². The van der Waals surface area contributed by atoms with Crippen LogP contribution >= 0.6 is 0 Å². The molecule has 2 aromatic rings. The van der Waals surface area contributed by atoms with E-state index in [2.05, 4.69) is 10.3 Å². The van der Waals surface area contributed by atoms with E-state index in [1.807, 2.05) is 0 Å². The number of aromatic nitrogens is 2. The zero-order chi connectivity index (χ0) is 19.4. The summed E-state index contributed by atoms with van der Waals surface area (Å²) in [6.07, 6.45) is 6.05. The molecule has 0 aliphatic heterocycles. The molecule has 1 saturated carbocycles. The van der Waals surface area contributed by atoms with Crippen LogP contribution in [-0.4, -0.2) is 30.4 Å². The number of carbonyl (C=O) groups excluding carboxylic acids is 1. The largest absolute Gasteiger partial charge is 0.350 e. The summed E-state index contributed by atoms with van der Waals surface area (Å²) in [6, 6.07) is 6.92. The van der Waals surface area contributed by atoms with Crippen LogP contribution in [0.3, 0.4) is 0 Å². The lowest BCUT2D eigenvalue weighted by molar-refractivity contribution is 0.0952. The quantitative estimate of drug-likeness (QED) is 0.761. The molecule has 144 valence electrons. The maximum absolute atomic E-state index is 12.2. The first-order valence-corrected chi connectivity index (χ1v) is 10.4. The van der Waals surface area contributed by atoms with Crippen LogP contribution in [0.15, 0.2) is 46.3 Å². The molecule has 3 rings (SSSR count). The van der Waals surface area contributed by atoms with E-state index < -0.39 is 10.0 Å². The summed E-state index contributed by atoms with van der Waals surface area (Å²) in [6.45, 7) is 0.553. The molecule has 1 amide bonds. The van der Waals surface area contributed by atoms with Gasteiger partial charge in [0.2, 0.25) is 10.0 Å². The number of nitrogens with zero attached hydrogens (tertiary/aromatic N) is 2. The average Bonchev–Trinajstić information content (AvgIpc) is 3.17. The Morgan fingerprint density at radius 1 is 1.22 bits per heavy atom. The highest BCUT2D eigenvalue weighted by molar-refractivity contribution is 7.89. The van der Waals surface area contributed by atoms with Gasteiger partial charge in [-0.15, -0.1) is 0 Å². The lowest BCUT2D eigenvalue weighted by atomic mass is 10.0. The number of hydrogen-bond acceptors (Lipinski definition) is 5. The van der Waals surface area contributed by atoms with Gasteiger partial charge in [-0.05, 0) is 37.1 Å². The molecule has 0 radical (unpaired) electrons. The lowest BCUT2D eigenvalue weighted by Gasteiger charge is -2.11. The van der Waals surface area contributed by atoms with Crippen LogP contribution in [0.1, 0.15) is 47.7 Å². The van der Waals surface area contributed by atoms with Crippen molar-refractivity contribution >= 4 is 15.9 Å². The van der Waals surface area contributed by atoms with Gasteiger partial charge < -0.3 is 5.32 Å². The Labute approximate surface area is 157 Å². The summed E-state index contributed by atoms with van der Waals surface area (Å²) in [5.41, 5.74) is 1.04. The van der Waals surface area contributed by atoms with Crippen molar-refractivity contribution in [1.82, 2.24) is 14.9 Å². The van der Waals surface area contributed by atoms with E-state index in [0.29, 0.717) is 18.0 Å². The van der Waals surface area contributed by atoms with Crippen molar-refractivity contribution in [2.45, 2.75) is 43.0 Å². The second-order valence-electron chi connectivity index (χ2n) is 6.65. The van der Waals surface area contributed by atoms with Crippen LogP contribution < -0.4 is 16.0 Å². The van der Waals surface area contributed by atoms with Crippen LogP contribution in [0.5, 0.6) is 0 Å². The zero-order valence-electron chi connectivity index (χ0n) is 14.8. The Morgan fingerprint density at radius 3 is 2.48 bits per heavy atom. The summed E-state index contributed by atoms with van der Waals surface area (Å²) in [5, 5.41) is 7.72. The summed E-state index contributed by atoms with van der Waals surface area (Å²) in [4.78, 5) is 28.7. The topological polar surface area (TPSA) is 124 Å². The molecule has 0 saturated heterocycles. The molecule has 1 aromatic heterocycles. The van der Waals surface area contributed by atoms with Crippen molar-refractivity contribution in [3.8, 4) is 0 Å². The van der Waals surface area contributed by atoms with Gasteiger partial charge in [0.05, 0.1) is 16.9 Å². The third-order valence-corrected chi connectivity index (χ3v) is 5.69. The predicted molar refractivity (Wildman–Crippen MR) is 99.9 cm³/mol. The smallest absolute Gasteiger partial charge is 0.253 e. The second-order valence-corrected chi connectivity index (χ2v) is 8.21. The highest BCUT2D eigenvalue weighted by Crippen LogP contribution is 2.32. The fraction of sp³-hybridized carbons (Fsp3) is 0.389. The first-order valence-electron chi connectivity index (χ1n) is 8.82. The number of nitrogens with two attached hydrogens (primary N) is 1. The minimum Gasteiger partial charge on any atom is -0.350 e. The minimum absolute atomic E-state index is 0.0565. The highest BCUT2D eigenvalue weighted by Gasteiger charge is 2.19. The molecule has 0 bridgehead atoms. The summed E-state index contributed by atoms with van der Waals surface area (Å²) in [5.74, 6) is 0.0203. The maximum atomic E-state index is 12.2. The molecule has 1 fully saturated rings. The Morgan fingerprint density at radius 2 is 1.89 bits per heavy atom. The van der Waals surface area contributed by atoms with E-state index in [1.165, 1.54) is 48.0 Å². The zero-order valence-corrected chi connectivity index (χ0v) is 15.6. The Balaban J connectivity index is 1.56. The number of nitrogens with one attached hydrogen (secondary N) is 1. The summed E-state index contributed by atoms with van der Waals surface area (Å²) in [7, 11) is -3.79. The Hall–Kier alpha value is -2.52. The fourth-order valence-corrected chi connectivity index (χ4v) is 3.76. The molecule has 1 aromatic carbocycles. The number of primary sulfonamides is 1. The van der Waals surface area contributed by atoms with Gasteiger partial charge in [0.25, 0.3) is 11.5 Å². The van der Waals surface area contributed by atoms with Crippen LogP contribution in [0.25, 0.3) is 0 Å². The van der Waals surface area contributed by atoms with E-state index in [0.717, 1.165) is 18.5 Å². The Bertz CT molecular complexity index is 977. The monoisotopic (exact) mass is 390 g/mol. The minimum atomic E-state index is -3.79. The number of hydrogen-bond donors (Lipinski definition) is 2. The van der Waals surface area contributed by atoms with Crippen LogP contribution in [0.4, 0.5) is 0 Å². The highest BCUT2D eigenvalue weighted by atomic mass is 32.2. The first kappa shape index (κ1) is 19.2. The maximum Gasteiger partial charge on any atom is 0.253 e.